The number of hydrogen-bond acceptors (Lipinski definition) is 13. The molecule has 4 rings (SSSR count). The first-order valence-corrected chi connectivity index (χ1v) is 14.9. The van der Waals surface area contributed by atoms with Crippen LogP contribution < -0.4 is 37.2 Å². The summed E-state index contributed by atoms with van der Waals surface area (Å²) in [6, 6.07) is 8.51. The Morgan fingerprint density at radius 1 is 1.08 bits per heavy atom. The monoisotopic (exact) mass is 719 g/mol. The molecule has 0 aliphatic rings. The van der Waals surface area contributed by atoms with Crippen LogP contribution in [0.4, 0.5) is 11.4 Å². The van der Waals surface area contributed by atoms with Crippen LogP contribution in [-0.2, 0) is 6.42 Å². The Morgan fingerprint density at radius 2 is 1.80 bits per heavy atom. The quantitative estimate of drug-likeness (QED) is 0.0402. The number of aromatic carboxylic acids is 2. The first-order chi connectivity index (χ1) is 24.4. The maximum atomic E-state index is 12.9. The summed E-state index contributed by atoms with van der Waals surface area (Å²) >= 11 is 6.32. The van der Waals surface area contributed by atoms with Gasteiger partial charge in [0.15, 0.2) is 28.8 Å². The number of anilines is 2. The molecule has 2 heterocycles. The van der Waals surface area contributed by atoms with Gasteiger partial charge < -0.3 is 47.0 Å². The van der Waals surface area contributed by atoms with Crippen molar-refractivity contribution in [1.82, 2.24) is 25.2 Å². The molecule has 0 atom stereocenters. The molecule has 0 fully saturated rings. The number of amides is 1. The number of nitrogens with two attached hydrogens (primary N) is 2. The minimum atomic E-state index is -1.31. The van der Waals surface area contributed by atoms with E-state index >= 15 is 0 Å². The van der Waals surface area contributed by atoms with Crippen molar-refractivity contribution in [2.75, 3.05) is 31.4 Å². The molecule has 2 aromatic carbocycles. The van der Waals surface area contributed by atoms with E-state index in [4.69, 9.17) is 38.2 Å². The number of amidine groups is 1. The number of nitrogens with zero attached hydrogens (tertiary/aromatic N) is 5. The Hall–Kier alpha value is -6.79. The van der Waals surface area contributed by atoms with Gasteiger partial charge in [0.2, 0.25) is 0 Å². The van der Waals surface area contributed by atoms with Gasteiger partial charge in [-0.2, -0.15) is 5.10 Å². The largest absolute Gasteiger partial charge is 0.493 e. The fourth-order valence-electron chi connectivity index (χ4n) is 4.11. The number of hydrazine groups is 1. The second kappa shape index (κ2) is 18.7. The zero-order valence-electron chi connectivity index (χ0n) is 27.3. The predicted octanol–water partition coefficient (Wildman–Crippen LogP) is 3.12. The summed E-state index contributed by atoms with van der Waals surface area (Å²) in [6.45, 7) is 3.43. The van der Waals surface area contributed by atoms with Gasteiger partial charge in [-0.05, 0) is 48.1 Å². The van der Waals surface area contributed by atoms with Gasteiger partial charge in [-0.25, -0.2) is 20.4 Å². The summed E-state index contributed by atoms with van der Waals surface area (Å²) in [5.41, 5.74) is 3.11. The summed E-state index contributed by atoms with van der Waals surface area (Å²) in [7, 11) is 2.93. The van der Waals surface area contributed by atoms with Crippen LogP contribution in [0.3, 0.4) is 0 Å². The Balaban J connectivity index is 0.000000551. The third-order valence-electron chi connectivity index (χ3n) is 6.68. The van der Waals surface area contributed by atoms with Crippen LogP contribution in [0, 0.1) is 5.41 Å². The van der Waals surface area contributed by atoms with Crippen molar-refractivity contribution in [3.8, 4) is 17.3 Å². The first-order valence-electron chi connectivity index (χ1n) is 14.5. The van der Waals surface area contributed by atoms with E-state index in [0.29, 0.717) is 27.9 Å². The van der Waals surface area contributed by atoms with Crippen LogP contribution in [0.1, 0.15) is 36.8 Å². The maximum absolute atomic E-state index is 12.9. The van der Waals surface area contributed by atoms with Gasteiger partial charge in [0.1, 0.15) is 6.33 Å². The van der Waals surface area contributed by atoms with Crippen molar-refractivity contribution >= 4 is 52.4 Å². The number of carboxylic acid groups (broad SMARTS) is 2. The second-order valence-electron chi connectivity index (χ2n) is 9.85. The number of allylic oxidation sites excluding steroid dienone is 2. The molecule has 0 aliphatic heterocycles. The van der Waals surface area contributed by atoms with Crippen LogP contribution in [0.15, 0.2) is 85.0 Å². The zero-order valence-corrected chi connectivity index (χ0v) is 28.0. The van der Waals surface area contributed by atoms with E-state index in [1.165, 1.54) is 62.0 Å². The van der Waals surface area contributed by atoms with E-state index in [-0.39, 0.29) is 52.7 Å². The molecule has 0 saturated heterocycles. The van der Waals surface area contributed by atoms with Gasteiger partial charge in [-0.1, -0.05) is 18.2 Å². The number of halogens is 1. The molecular formula is C32H34ClN11O7. The highest BCUT2D eigenvalue weighted by molar-refractivity contribution is 6.32. The standard InChI is InChI=1S/C26H23ClN6O7.C6H11N5/c1-28-19-11-17(27)14(9-15(19)25(35)36)5-8-40-22-12-20(16(26(37)38)10-21(22)39-2)30-24(34)18-3-4-23(32-31-18)33-7-6-29-13-33;1-2-5(7)3-4-6(10-8)11-9/h3-4,6-7,9-13,28H,5,8H2,1-2H3,(H,30,34)(H,35,36)(H,37,38);2-4,7H,1,8-9H2,(H,10,11)/b;4-3-,7-5?. The summed E-state index contributed by atoms with van der Waals surface area (Å²) in [5.74, 6) is 7.80. The molecule has 19 heteroatoms. The molecule has 0 aliphatic carbocycles. The van der Waals surface area contributed by atoms with Gasteiger partial charge in [0.25, 0.3) is 5.91 Å². The summed E-state index contributed by atoms with van der Waals surface area (Å²) in [4.78, 5) is 40.3. The topological polar surface area (TPSA) is 278 Å². The zero-order chi connectivity index (χ0) is 37.5. The molecule has 1 amide bonds. The highest BCUT2D eigenvalue weighted by Gasteiger charge is 2.20. The molecular weight excluding hydrogens is 686 g/mol. The van der Waals surface area contributed by atoms with Crippen molar-refractivity contribution in [2.24, 2.45) is 16.8 Å². The van der Waals surface area contributed by atoms with Gasteiger partial charge in [0, 0.05) is 48.7 Å². The number of nitrogens with one attached hydrogen (secondary N) is 4. The van der Waals surface area contributed by atoms with Crippen molar-refractivity contribution in [2.45, 2.75) is 6.42 Å². The first kappa shape index (κ1) is 38.7. The van der Waals surface area contributed by atoms with E-state index in [1.807, 2.05) is 0 Å². The number of aromatic nitrogens is 4. The van der Waals surface area contributed by atoms with Crippen molar-refractivity contribution < 1.29 is 34.1 Å². The van der Waals surface area contributed by atoms with Crippen LogP contribution in [0.25, 0.3) is 5.82 Å². The number of ether oxygens (including phenoxy) is 2. The molecule has 10 N–H and O–H groups in total. The van der Waals surface area contributed by atoms with E-state index in [0.717, 1.165) is 0 Å². The van der Waals surface area contributed by atoms with Gasteiger partial charge in [0.05, 0.1) is 36.2 Å². The lowest BCUT2D eigenvalue weighted by Crippen LogP contribution is -2.29. The molecule has 0 saturated carbocycles. The molecule has 18 nitrogen and oxygen atoms in total. The molecule has 4 aromatic rings. The fourth-order valence-corrected chi connectivity index (χ4v) is 4.37. The Labute approximate surface area is 295 Å². The predicted molar refractivity (Wildman–Crippen MR) is 190 cm³/mol. The Bertz CT molecular complexity index is 1950. The number of methoxy groups -OCH3 is 1. The van der Waals surface area contributed by atoms with Gasteiger partial charge >= 0.3 is 11.9 Å². The van der Waals surface area contributed by atoms with Gasteiger partial charge in [-0.15, -0.1) is 10.2 Å². The number of hydrogen-bond donors (Lipinski definition) is 8. The molecule has 0 bridgehead atoms. The summed E-state index contributed by atoms with van der Waals surface area (Å²) in [6.07, 6.45) is 9.33. The van der Waals surface area contributed by atoms with Crippen molar-refractivity contribution in [1.29, 1.82) is 5.41 Å². The van der Waals surface area contributed by atoms with Crippen LogP contribution >= 0.6 is 11.6 Å². The number of benzene rings is 2. The molecule has 0 spiro atoms. The number of rotatable bonds is 14. The third kappa shape index (κ3) is 10.6. The smallest absolute Gasteiger partial charge is 0.337 e. The second-order valence-corrected chi connectivity index (χ2v) is 10.3. The number of hydrazone groups is 1. The normalized spacial score (nSPS) is 10.8. The van der Waals surface area contributed by atoms with Crippen molar-refractivity contribution in [3.05, 3.63) is 107 Å². The third-order valence-corrected chi connectivity index (χ3v) is 7.03. The highest BCUT2D eigenvalue weighted by Crippen LogP contribution is 2.34. The minimum absolute atomic E-state index is 0.0367. The van der Waals surface area contributed by atoms with Crippen LogP contribution in [0.5, 0.6) is 11.5 Å². The van der Waals surface area contributed by atoms with E-state index < -0.39 is 17.8 Å². The van der Waals surface area contributed by atoms with Crippen LogP contribution in [-0.4, -0.2) is 80.1 Å². The number of carboxylic acids is 2. The fraction of sp³-hybridized carbons (Fsp3) is 0.125. The lowest BCUT2D eigenvalue weighted by molar-refractivity contribution is 0.0686. The van der Waals surface area contributed by atoms with Crippen LogP contribution in [0.2, 0.25) is 5.02 Å². The van der Waals surface area contributed by atoms with Crippen molar-refractivity contribution in [3.63, 3.8) is 0 Å². The molecule has 0 unspecified atom stereocenters. The number of carbonyl (C=O) groups excluding carboxylic acids is 1. The molecule has 266 valence electrons. The van der Waals surface area contributed by atoms with Gasteiger partial charge in [-0.3, -0.25) is 9.36 Å². The average molecular weight is 720 g/mol. The van der Waals surface area contributed by atoms with E-state index in [9.17, 15) is 24.6 Å². The Morgan fingerprint density at radius 3 is 2.35 bits per heavy atom. The SMILES string of the molecule is C=CC(=N)/C=C\C(=N\N)NN.CNc1cc(Cl)c(CCOc2cc(NC(=O)c3ccc(-n4ccnc4)nn3)c(C(=O)O)cc2OC)cc1C(=O)O. The lowest BCUT2D eigenvalue weighted by atomic mass is 10.1. The van der Waals surface area contributed by atoms with E-state index in [1.54, 1.807) is 30.1 Å². The minimum Gasteiger partial charge on any atom is -0.493 e. The number of carbonyl (C=O) groups is 3. The number of imidazole rings is 1. The molecule has 2 aromatic heterocycles. The molecule has 51 heavy (non-hydrogen) atoms. The molecule has 0 radical (unpaired) electrons. The maximum Gasteiger partial charge on any atom is 0.337 e. The summed E-state index contributed by atoms with van der Waals surface area (Å²) < 4.78 is 12.7. The van der Waals surface area contributed by atoms with E-state index in [2.05, 4.69) is 42.9 Å². The lowest BCUT2D eigenvalue weighted by Gasteiger charge is -2.16. The Kier molecular flexibility index (Phi) is 14.2. The highest BCUT2D eigenvalue weighted by atomic mass is 35.5. The average Bonchev–Trinajstić information content (AvgIpc) is 3.68. The summed E-state index contributed by atoms with van der Waals surface area (Å²) in [5, 5.41) is 43.2.